The van der Waals surface area contributed by atoms with Crippen LogP contribution in [0.3, 0.4) is 0 Å². The number of para-hydroxylation sites is 1. The van der Waals surface area contributed by atoms with Crippen molar-refractivity contribution in [2.75, 3.05) is 13.2 Å². The molecule has 0 aliphatic carbocycles. The van der Waals surface area contributed by atoms with Crippen molar-refractivity contribution in [2.24, 2.45) is 5.92 Å². The molecule has 3 amide bonds. The highest BCUT2D eigenvalue weighted by Crippen LogP contribution is 2.14. The van der Waals surface area contributed by atoms with Crippen LogP contribution in [-0.4, -0.2) is 31.1 Å². The molecule has 0 fully saturated rings. The van der Waals surface area contributed by atoms with Crippen LogP contribution in [0, 0.1) is 5.92 Å². The van der Waals surface area contributed by atoms with E-state index in [-0.39, 0.29) is 12.4 Å². The Morgan fingerprint density at radius 3 is 2.54 bits per heavy atom. The predicted molar refractivity (Wildman–Crippen MR) is 101 cm³/mol. The molecule has 0 radical (unpaired) electrons. The molecule has 0 bridgehead atoms. The number of urea groups is 1. The molecular formula is C20H24N2O6. The molecule has 0 saturated carbocycles. The molecule has 8 heteroatoms. The lowest BCUT2D eigenvalue weighted by molar-refractivity contribution is -0.123. The van der Waals surface area contributed by atoms with Crippen molar-refractivity contribution in [2.45, 2.75) is 26.9 Å². The zero-order valence-electron chi connectivity index (χ0n) is 15.9. The van der Waals surface area contributed by atoms with Gasteiger partial charge in [0, 0.05) is 6.54 Å². The minimum Gasteiger partial charge on any atom is -0.486 e. The second-order valence-electron chi connectivity index (χ2n) is 6.43. The van der Waals surface area contributed by atoms with Crippen molar-refractivity contribution < 1.29 is 28.3 Å². The van der Waals surface area contributed by atoms with Gasteiger partial charge in [-0.05, 0) is 36.6 Å². The smallest absolute Gasteiger partial charge is 0.374 e. The second kappa shape index (κ2) is 10.8. The van der Waals surface area contributed by atoms with E-state index in [9.17, 15) is 14.4 Å². The fourth-order valence-electron chi connectivity index (χ4n) is 2.12. The zero-order valence-corrected chi connectivity index (χ0v) is 15.9. The predicted octanol–water partition coefficient (Wildman–Crippen LogP) is 2.89. The average molecular weight is 388 g/mol. The Morgan fingerprint density at radius 2 is 1.82 bits per heavy atom. The van der Waals surface area contributed by atoms with Crippen molar-refractivity contribution in [3.05, 3.63) is 54.0 Å². The highest BCUT2D eigenvalue weighted by molar-refractivity contribution is 5.96. The molecule has 0 atom stereocenters. The number of amides is 3. The van der Waals surface area contributed by atoms with E-state index < -0.39 is 24.5 Å². The molecule has 1 aromatic heterocycles. The monoisotopic (exact) mass is 388 g/mol. The standard InChI is InChI=1S/C20H24N2O6/c1-14(2)10-11-21-20(25)22-18(23)13-27-19(24)17-9-8-16(28-17)12-26-15-6-4-3-5-7-15/h3-9,14H,10-13H2,1-2H3,(H2,21,22,23,25). The Kier molecular flexibility index (Phi) is 8.08. The van der Waals surface area contributed by atoms with Crippen LogP contribution in [-0.2, 0) is 16.1 Å². The summed E-state index contributed by atoms with van der Waals surface area (Å²) in [4.78, 5) is 35.1. The summed E-state index contributed by atoms with van der Waals surface area (Å²) >= 11 is 0. The maximum atomic E-state index is 11.9. The number of benzene rings is 1. The molecule has 2 aromatic rings. The van der Waals surface area contributed by atoms with E-state index in [1.807, 2.05) is 32.0 Å². The van der Waals surface area contributed by atoms with Gasteiger partial charge in [0.15, 0.2) is 6.61 Å². The van der Waals surface area contributed by atoms with E-state index in [4.69, 9.17) is 13.9 Å². The highest BCUT2D eigenvalue weighted by atomic mass is 16.6. The molecule has 2 N–H and O–H groups in total. The molecule has 0 spiro atoms. The summed E-state index contributed by atoms with van der Waals surface area (Å²) in [6, 6.07) is 11.6. The van der Waals surface area contributed by atoms with Gasteiger partial charge in [-0.3, -0.25) is 10.1 Å². The number of ether oxygens (including phenoxy) is 2. The van der Waals surface area contributed by atoms with E-state index in [0.717, 1.165) is 6.42 Å². The summed E-state index contributed by atoms with van der Waals surface area (Å²) in [5.74, 6) is -0.0406. The van der Waals surface area contributed by atoms with Gasteiger partial charge in [-0.1, -0.05) is 32.0 Å². The van der Waals surface area contributed by atoms with Crippen molar-refractivity contribution >= 4 is 17.9 Å². The summed E-state index contributed by atoms with van der Waals surface area (Å²) in [5.41, 5.74) is 0. The topological polar surface area (TPSA) is 107 Å². The second-order valence-corrected chi connectivity index (χ2v) is 6.43. The lowest BCUT2D eigenvalue weighted by Gasteiger charge is -2.08. The van der Waals surface area contributed by atoms with Crippen LogP contribution in [0.25, 0.3) is 0 Å². The molecule has 0 unspecified atom stereocenters. The van der Waals surface area contributed by atoms with Crippen LogP contribution in [0.1, 0.15) is 36.6 Å². The van der Waals surface area contributed by atoms with Crippen LogP contribution < -0.4 is 15.4 Å². The summed E-state index contributed by atoms with van der Waals surface area (Å²) in [7, 11) is 0. The number of carbonyl (C=O) groups is 3. The number of rotatable bonds is 9. The molecule has 0 saturated heterocycles. The SMILES string of the molecule is CC(C)CCNC(=O)NC(=O)COC(=O)c1ccc(COc2ccccc2)o1. The van der Waals surface area contributed by atoms with E-state index in [2.05, 4.69) is 10.6 Å². The van der Waals surface area contributed by atoms with Gasteiger partial charge in [0.1, 0.15) is 18.1 Å². The van der Waals surface area contributed by atoms with Gasteiger partial charge in [0.25, 0.3) is 5.91 Å². The number of carbonyl (C=O) groups excluding carboxylic acids is 3. The third-order valence-electron chi connectivity index (χ3n) is 3.58. The van der Waals surface area contributed by atoms with E-state index in [0.29, 0.717) is 24.0 Å². The molecule has 1 heterocycles. The van der Waals surface area contributed by atoms with Crippen LogP contribution in [0.15, 0.2) is 46.9 Å². The summed E-state index contributed by atoms with van der Waals surface area (Å²) < 4.78 is 15.7. The number of esters is 1. The largest absolute Gasteiger partial charge is 0.486 e. The van der Waals surface area contributed by atoms with Crippen LogP contribution >= 0.6 is 0 Å². The highest BCUT2D eigenvalue weighted by Gasteiger charge is 2.16. The number of nitrogens with one attached hydrogen (secondary N) is 2. The van der Waals surface area contributed by atoms with Gasteiger partial charge in [0.05, 0.1) is 0 Å². The Balaban J connectivity index is 1.70. The van der Waals surface area contributed by atoms with E-state index in [1.54, 1.807) is 18.2 Å². The van der Waals surface area contributed by atoms with Crippen molar-refractivity contribution in [3.63, 3.8) is 0 Å². The lowest BCUT2D eigenvalue weighted by atomic mass is 10.1. The quantitative estimate of drug-likeness (QED) is 0.640. The van der Waals surface area contributed by atoms with Crippen LogP contribution in [0.4, 0.5) is 4.79 Å². The first-order chi connectivity index (χ1) is 13.4. The molecule has 0 aliphatic heterocycles. The average Bonchev–Trinajstić information content (AvgIpc) is 3.14. The van der Waals surface area contributed by atoms with Gasteiger partial charge in [0.2, 0.25) is 5.76 Å². The van der Waals surface area contributed by atoms with Gasteiger partial charge in [-0.15, -0.1) is 0 Å². The summed E-state index contributed by atoms with van der Waals surface area (Å²) in [6.07, 6.45) is 0.797. The first kappa shape index (κ1) is 21.0. The lowest BCUT2D eigenvalue weighted by Crippen LogP contribution is -2.41. The molecule has 1 aromatic carbocycles. The molecule has 8 nitrogen and oxygen atoms in total. The third kappa shape index (κ3) is 7.53. The fraction of sp³-hybridized carbons (Fsp3) is 0.350. The van der Waals surface area contributed by atoms with Crippen LogP contribution in [0.5, 0.6) is 5.75 Å². The Morgan fingerprint density at radius 1 is 1.07 bits per heavy atom. The first-order valence-corrected chi connectivity index (χ1v) is 8.95. The maximum absolute atomic E-state index is 11.9. The molecule has 28 heavy (non-hydrogen) atoms. The van der Waals surface area contributed by atoms with Gasteiger partial charge in [-0.2, -0.15) is 0 Å². The Hall–Kier alpha value is -3.29. The van der Waals surface area contributed by atoms with Gasteiger partial charge < -0.3 is 19.2 Å². The summed E-state index contributed by atoms with van der Waals surface area (Å²) in [5, 5.41) is 4.64. The van der Waals surface area contributed by atoms with E-state index >= 15 is 0 Å². The van der Waals surface area contributed by atoms with Crippen molar-refractivity contribution in [1.29, 1.82) is 0 Å². The third-order valence-corrected chi connectivity index (χ3v) is 3.58. The number of hydrogen-bond donors (Lipinski definition) is 2. The number of hydrogen-bond acceptors (Lipinski definition) is 6. The van der Waals surface area contributed by atoms with Crippen molar-refractivity contribution in [3.8, 4) is 5.75 Å². The van der Waals surface area contributed by atoms with Gasteiger partial charge in [-0.25, -0.2) is 9.59 Å². The van der Waals surface area contributed by atoms with E-state index in [1.165, 1.54) is 6.07 Å². The summed E-state index contributed by atoms with van der Waals surface area (Å²) in [6.45, 7) is 4.06. The Bertz CT molecular complexity index is 785. The molecular weight excluding hydrogens is 364 g/mol. The minimum atomic E-state index is -0.804. The molecule has 150 valence electrons. The van der Waals surface area contributed by atoms with Crippen molar-refractivity contribution in [1.82, 2.24) is 10.6 Å². The fourth-order valence-corrected chi connectivity index (χ4v) is 2.12. The Labute approximate surface area is 163 Å². The van der Waals surface area contributed by atoms with Crippen LogP contribution in [0.2, 0.25) is 0 Å². The first-order valence-electron chi connectivity index (χ1n) is 8.95. The number of imide groups is 1. The minimum absolute atomic E-state index is 0.0548. The normalized spacial score (nSPS) is 10.4. The zero-order chi connectivity index (χ0) is 20.4. The molecule has 0 aliphatic rings. The maximum Gasteiger partial charge on any atom is 0.374 e. The number of furan rings is 1. The molecule has 2 rings (SSSR count). The van der Waals surface area contributed by atoms with Gasteiger partial charge >= 0.3 is 12.0 Å².